The van der Waals surface area contributed by atoms with Crippen molar-refractivity contribution in [1.82, 2.24) is 5.32 Å². The van der Waals surface area contributed by atoms with Crippen molar-refractivity contribution in [2.75, 3.05) is 20.1 Å². The van der Waals surface area contributed by atoms with Gasteiger partial charge in [-0.05, 0) is 36.2 Å². The predicted molar refractivity (Wildman–Crippen MR) is 96.7 cm³/mol. The maximum Gasteiger partial charge on any atom is 0.387 e. The van der Waals surface area contributed by atoms with Crippen LogP contribution in [0.2, 0.25) is 5.02 Å². The number of likely N-dealkylation sites (N-methyl/N-ethyl adjacent to an activating group) is 1. The number of carbonyl (C=O) groups is 1. The summed E-state index contributed by atoms with van der Waals surface area (Å²) in [6.45, 7) is -1.28. The Bertz CT molecular complexity index is 711. The van der Waals surface area contributed by atoms with Gasteiger partial charge in [-0.3, -0.25) is 4.79 Å². The number of quaternary nitrogens is 1. The second-order valence-electron chi connectivity index (χ2n) is 6.06. The highest BCUT2D eigenvalue weighted by Gasteiger charge is 2.10. The Morgan fingerprint density at radius 2 is 1.92 bits per heavy atom. The van der Waals surface area contributed by atoms with Gasteiger partial charge in [-0.2, -0.15) is 8.78 Å². The van der Waals surface area contributed by atoms with Crippen LogP contribution in [0, 0.1) is 0 Å². The minimum atomic E-state index is -2.83. The van der Waals surface area contributed by atoms with Gasteiger partial charge in [-0.15, -0.1) is 0 Å². The molecule has 0 heterocycles. The lowest BCUT2D eigenvalue weighted by atomic mass is 10.1. The molecule has 2 aromatic rings. The SMILES string of the molecule is C[NH+](CC(=O)NCCc1ccc(OC(F)F)cc1)Cc1cccc(Cl)c1. The molecule has 0 aromatic heterocycles. The molecule has 0 saturated heterocycles. The summed E-state index contributed by atoms with van der Waals surface area (Å²) in [6, 6.07) is 14.0. The summed E-state index contributed by atoms with van der Waals surface area (Å²) in [5.41, 5.74) is 2.01. The maximum absolute atomic E-state index is 12.1. The van der Waals surface area contributed by atoms with Gasteiger partial charge in [0.1, 0.15) is 12.3 Å². The molecule has 0 aliphatic rings. The highest BCUT2D eigenvalue weighted by Crippen LogP contribution is 2.15. The second-order valence-corrected chi connectivity index (χ2v) is 6.50. The molecular formula is C19H22ClF2N2O2+. The van der Waals surface area contributed by atoms with E-state index in [1.54, 1.807) is 12.1 Å². The van der Waals surface area contributed by atoms with Gasteiger partial charge in [0.2, 0.25) is 0 Å². The van der Waals surface area contributed by atoms with Gasteiger partial charge in [0.25, 0.3) is 5.91 Å². The van der Waals surface area contributed by atoms with Crippen LogP contribution in [0.25, 0.3) is 0 Å². The first-order valence-electron chi connectivity index (χ1n) is 8.28. The summed E-state index contributed by atoms with van der Waals surface area (Å²) in [5.74, 6) is 0.0845. The highest BCUT2D eigenvalue weighted by atomic mass is 35.5. The molecule has 1 unspecified atom stereocenters. The smallest absolute Gasteiger partial charge is 0.387 e. The van der Waals surface area contributed by atoms with Crippen molar-refractivity contribution in [3.8, 4) is 5.75 Å². The first kappa shape index (κ1) is 20.1. The lowest BCUT2D eigenvalue weighted by Gasteiger charge is -2.14. The molecule has 1 amide bonds. The predicted octanol–water partition coefficient (Wildman–Crippen LogP) is 2.32. The van der Waals surface area contributed by atoms with Crippen molar-refractivity contribution in [2.24, 2.45) is 0 Å². The van der Waals surface area contributed by atoms with E-state index >= 15 is 0 Å². The monoisotopic (exact) mass is 383 g/mol. The van der Waals surface area contributed by atoms with Gasteiger partial charge < -0.3 is 15.0 Å². The standard InChI is InChI=1S/C19H21ClF2N2O2/c1-24(12-15-3-2-4-16(20)11-15)13-18(25)23-10-9-14-5-7-17(8-6-14)26-19(21)22/h2-8,11,19H,9-10,12-13H2,1H3,(H,23,25)/p+1. The number of amides is 1. The van der Waals surface area contributed by atoms with Gasteiger partial charge in [0, 0.05) is 17.1 Å². The van der Waals surface area contributed by atoms with Crippen molar-refractivity contribution in [1.29, 1.82) is 0 Å². The summed E-state index contributed by atoms with van der Waals surface area (Å²) < 4.78 is 28.5. The number of ether oxygens (including phenoxy) is 1. The van der Waals surface area contributed by atoms with E-state index in [9.17, 15) is 13.6 Å². The number of alkyl halides is 2. The Labute approximate surface area is 156 Å². The maximum atomic E-state index is 12.1. The molecule has 1 atom stereocenters. The lowest BCUT2D eigenvalue weighted by Crippen LogP contribution is -3.08. The normalized spacial score (nSPS) is 12.0. The first-order valence-corrected chi connectivity index (χ1v) is 8.66. The highest BCUT2D eigenvalue weighted by molar-refractivity contribution is 6.30. The molecule has 0 aliphatic carbocycles. The number of hydrogen-bond donors (Lipinski definition) is 2. The second kappa shape index (κ2) is 10.1. The third-order valence-corrected chi connectivity index (χ3v) is 3.98. The fourth-order valence-corrected chi connectivity index (χ4v) is 2.79. The Morgan fingerprint density at radius 1 is 1.19 bits per heavy atom. The summed E-state index contributed by atoms with van der Waals surface area (Å²) in [4.78, 5) is 13.1. The molecule has 2 rings (SSSR count). The van der Waals surface area contributed by atoms with Gasteiger partial charge in [0.15, 0.2) is 6.54 Å². The molecule has 2 aromatic carbocycles. The van der Waals surface area contributed by atoms with Crippen molar-refractivity contribution >= 4 is 17.5 Å². The zero-order valence-corrected chi connectivity index (χ0v) is 15.2. The van der Waals surface area contributed by atoms with E-state index in [2.05, 4.69) is 10.1 Å². The van der Waals surface area contributed by atoms with E-state index < -0.39 is 6.61 Å². The number of carbonyl (C=O) groups excluding carboxylic acids is 1. The van der Waals surface area contributed by atoms with E-state index in [4.69, 9.17) is 11.6 Å². The number of nitrogens with one attached hydrogen (secondary N) is 2. The van der Waals surface area contributed by atoms with Gasteiger partial charge in [-0.25, -0.2) is 0 Å². The van der Waals surface area contributed by atoms with E-state index in [1.807, 2.05) is 31.3 Å². The third kappa shape index (κ3) is 7.37. The molecule has 0 radical (unpaired) electrons. The summed E-state index contributed by atoms with van der Waals surface area (Å²) in [6.07, 6.45) is 0.619. The van der Waals surface area contributed by atoms with Crippen LogP contribution < -0.4 is 15.0 Å². The zero-order valence-electron chi connectivity index (χ0n) is 14.5. The van der Waals surface area contributed by atoms with E-state index in [0.29, 0.717) is 31.1 Å². The average molecular weight is 384 g/mol. The van der Waals surface area contributed by atoms with Crippen LogP contribution in [-0.2, 0) is 17.8 Å². The molecule has 0 spiro atoms. The van der Waals surface area contributed by atoms with Crippen LogP contribution in [0.15, 0.2) is 48.5 Å². The van der Waals surface area contributed by atoms with Crippen molar-refractivity contribution < 1.29 is 23.2 Å². The van der Waals surface area contributed by atoms with E-state index in [1.165, 1.54) is 12.1 Å². The molecule has 0 bridgehead atoms. The topological polar surface area (TPSA) is 42.8 Å². The molecule has 4 nitrogen and oxygen atoms in total. The molecule has 0 fully saturated rings. The van der Waals surface area contributed by atoms with Crippen LogP contribution in [0.3, 0.4) is 0 Å². The number of halogens is 3. The van der Waals surface area contributed by atoms with Crippen LogP contribution in [-0.4, -0.2) is 32.7 Å². The van der Waals surface area contributed by atoms with E-state index in [0.717, 1.165) is 16.0 Å². The van der Waals surface area contributed by atoms with Crippen LogP contribution in [0.1, 0.15) is 11.1 Å². The lowest BCUT2D eigenvalue weighted by molar-refractivity contribution is -0.885. The molecule has 26 heavy (non-hydrogen) atoms. The molecular weight excluding hydrogens is 362 g/mol. The quantitative estimate of drug-likeness (QED) is 0.698. The number of rotatable bonds is 9. The molecule has 140 valence electrons. The summed E-state index contributed by atoms with van der Waals surface area (Å²) in [5, 5.41) is 3.55. The number of hydrogen-bond acceptors (Lipinski definition) is 2. The van der Waals surface area contributed by atoms with Crippen LogP contribution >= 0.6 is 11.6 Å². The number of benzene rings is 2. The first-order chi connectivity index (χ1) is 12.4. The zero-order chi connectivity index (χ0) is 18.9. The van der Waals surface area contributed by atoms with Crippen molar-refractivity contribution in [2.45, 2.75) is 19.6 Å². The summed E-state index contributed by atoms with van der Waals surface area (Å²) in [7, 11) is 1.95. The van der Waals surface area contributed by atoms with Crippen molar-refractivity contribution in [3.05, 3.63) is 64.7 Å². The van der Waals surface area contributed by atoms with Gasteiger partial charge in [-0.1, -0.05) is 35.9 Å². The van der Waals surface area contributed by atoms with Gasteiger partial charge >= 0.3 is 6.61 Å². The minimum Gasteiger partial charge on any atom is -0.435 e. The molecule has 0 saturated carbocycles. The Balaban J connectivity index is 1.69. The molecule has 0 aliphatic heterocycles. The molecule has 2 N–H and O–H groups in total. The Kier molecular flexibility index (Phi) is 7.81. The average Bonchev–Trinajstić information content (AvgIpc) is 2.56. The van der Waals surface area contributed by atoms with Crippen LogP contribution in [0.4, 0.5) is 8.78 Å². The largest absolute Gasteiger partial charge is 0.435 e. The van der Waals surface area contributed by atoms with Crippen molar-refractivity contribution in [3.63, 3.8) is 0 Å². The Morgan fingerprint density at radius 3 is 2.58 bits per heavy atom. The Hall–Kier alpha value is -2.18. The minimum absolute atomic E-state index is 0.0396. The molecule has 7 heteroatoms. The fraction of sp³-hybridized carbons (Fsp3) is 0.316. The third-order valence-electron chi connectivity index (χ3n) is 3.74. The van der Waals surface area contributed by atoms with E-state index in [-0.39, 0.29) is 11.7 Å². The fourth-order valence-electron chi connectivity index (χ4n) is 2.58. The summed E-state index contributed by atoms with van der Waals surface area (Å²) >= 11 is 5.96. The van der Waals surface area contributed by atoms with Gasteiger partial charge in [0.05, 0.1) is 7.05 Å². The van der Waals surface area contributed by atoms with Crippen LogP contribution in [0.5, 0.6) is 5.75 Å².